The standard InChI is InChI=1S/C17H12BrNO4/c1-23-10-3-4-14-11(7-10)12(17(21)22)8-15(19-14)13-6-9(18)2-5-16(13)20/h2-8,20H,1H3,(H,21,22)/p-1. The molecule has 5 nitrogen and oxygen atoms in total. The van der Waals surface area contributed by atoms with Crippen LogP contribution in [-0.2, 0) is 0 Å². The molecule has 0 fully saturated rings. The van der Waals surface area contributed by atoms with E-state index in [1.165, 1.54) is 19.2 Å². The molecule has 0 saturated heterocycles. The van der Waals surface area contributed by atoms with Gasteiger partial charge in [-0.2, -0.15) is 0 Å². The van der Waals surface area contributed by atoms with E-state index in [9.17, 15) is 15.0 Å². The van der Waals surface area contributed by atoms with E-state index in [1.54, 1.807) is 30.3 Å². The summed E-state index contributed by atoms with van der Waals surface area (Å²) in [5.41, 5.74) is 1.23. The lowest BCUT2D eigenvalue weighted by atomic mass is 10.0. The van der Waals surface area contributed by atoms with Gasteiger partial charge < -0.3 is 14.9 Å². The summed E-state index contributed by atoms with van der Waals surface area (Å²) >= 11 is 3.31. The molecule has 0 saturated carbocycles. The molecule has 23 heavy (non-hydrogen) atoms. The van der Waals surface area contributed by atoms with Crippen molar-refractivity contribution in [2.24, 2.45) is 0 Å². The van der Waals surface area contributed by atoms with Crippen molar-refractivity contribution in [3.05, 3.63) is 52.5 Å². The summed E-state index contributed by atoms with van der Waals surface area (Å²) in [6.07, 6.45) is 0. The SMILES string of the molecule is COc1ccc2nc(-c3cc(Br)ccc3[O-])cc(C(=O)O)c2c1. The predicted octanol–water partition coefficient (Wildman–Crippen LogP) is 3.44. The number of hydrogen-bond acceptors (Lipinski definition) is 4. The first-order valence-corrected chi connectivity index (χ1v) is 7.48. The summed E-state index contributed by atoms with van der Waals surface area (Å²) < 4.78 is 5.85. The second kappa shape index (κ2) is 5.89. The van der Waals surface area contributed by atoms with Crippen molar-refractivity contribution in [3.63, 3.8) is 0 Å². The van der Waals surface area contributed by atoms with Gasteiger partial charge >= 0.3 is 5.97 Å². The largest absolute Gasteiger partial charge is 0.872 e. The van der Waals surface area contributed by atoms with Crippen LogP contribution in [0.1, 0.15) is 10.4 Å². The van der Waals surface area contributed by atoms with Crippen LogP contribution in [0.25, 0.3) is 22.2 Å². The highest BCUT2D eigenvalue weighted by atomic mass is 79.9. The summed E-state index contributed by atoms with van der Waals surface area (Å²) in [7, 11) is 1.51. The molecule has 0 radical (unpaired) electrons. The second-order valence-electron chi connectivity index (χ2n) is 4.88. The van der Waals surface area contributed by atoms with Crippen molar-refractivity contribution >= 4 is 32.8 Å². The number of nitrogens with zero attached hydrogens (tertiary/aromatic N) is 1. The number of carboxylic acid groups (broad SMARTS) is 1. The highest BCUT2D eigenvalue weighted by Crippen LogP contribution is 2.32. The second-order valence-corrected chi connectivity index (χ2v) is 5.80. The van der Waals surface area contributed by atoms with E-state index in [0.717, 1.165) is 4.47 Å². The van der Waals surface area contributed by atoms with Crippen LogP contribution in [0.4, 0.5) is 0 Å². The highest BCUT2D eigenvalue weighted by Gasteiger charge is 2.14. The Labute approximate surface area is 140 Å². The number of carboxylic acids is 1. The maximum absolute atomic E-state index is 12.1. The molecule has 116 valence electrons. The van der Waals surface area contributed by atoms with Gasteiger partial charge in [-0.3, -0.25) is 0 Å². The van der Waals surface area contributed by atoms with E-state index in [2.05, 4.69) is 20.9 Å². The van der Waals surface area contributed by atoms with Gasteiger partial charge in [0, 0.05) is 9.86 Å². The van der Waals surface area contributed by atoms with E-state index < -0.39 is 5.97 Å². The number of aromatic nitrogens is 1. The van der Waals surface area contributed by atoms with Gasteiger partial charge in [-0.1, -0.05) is 27.7 Å². The molecule has 0 amide bonds. The molecular weight excluding hydrogens is 362 g/mol. The van der Waals surface area contributed by atoms with Crippen molar-refractivity contribution in [3.8, 4) is 22.8 Å². The maximum Gasteiger partial charge on any atom is 0.336 e. The topological polar surface area (TPSA) is 82.5 Å². The Bertz CT molecular complexity index is 924. The summed E-state index contributed by atoms with van der Waals surface area (Å²) in [6.45, 7) is 0. The minimum atomic E-state index is -1.09. The van der Waals surface area contributed by atoms with Crippen molar-refractivity contribution in [2.45, 2.75) is 0 Å². The molecule has 1 aromatic heterocycles. The molecule has 3 rings (SSSR count). The van der Waals surface area contributed by atoms with E-state index in [0.29, 0.717) is 27.9 Å². The van der Waals surface area contributed by atoms with Crippen molar-refractivity contribution in [2.75, 3.05) is 7.11 Å². The Hall–Kier alpha value is -2.60. The van der Waals surface area contributed by atoms with Crippen LogP contribution < -0.4 is 9.84 Å². The number of benzene rings is 2. The maximum atomic E-state index is 12.1. The Morgan fingerprint density at radius 3 is 2.70 bits per heavy atom. The number of carbonyl (C=O) groups is 1. The number of hydrogen-bond donors (Lipinski definition) is 1. The number of pyridine rings is 1. The number of aromatic carboxylic acids is 1. The minimum absolute atomic E-state index is 0.0725. The van der Waals surface area contributed by atoms with E-state index >= 15 is 0 Å². The van der Waals surface area contributed by atoms with Crippen molar-refractivity contribution in [1.29, 1.82) is 0 Å². The zero-order valence-corrected chi connectivity index (χ0v) is 13.6. The quantitative estimate of drug-likeness (QED) is 0.761. The molecule has 0 bridgehead atoms. The molecule has 0 aliphatic carbocycles. The average molecular weight is 373 g/mol. The van der Waals surface area contributed by atoms with Crippen LogP contribution in [0.15, 0.2) is 46.9 Å². The Balaban J connectivity index is 2.31. The van der Waals surface area contributed by atoms with Gasteiger partial charge in [0.15, 0.2) is 0 Å². The predicted molar refractivity (Wildman–Crippen MR) is 87.8 cm³/mol. The first kappa shape index (κ1) is 15.3. The monoisotopic (exact) mass is 372 g/mol. The van der Waals surface area contributed by atoms with E-state index in [-0.39, 0.29) is 11.3 Å². The summed E-state index contributed by atoms with van der Waals surface area (Å²) in [6, 6.07) is 11.1. The Kier molecular flexibility index (Phi) is 3.92. The minimum Gasteiger partial charge on any atom is -0.872 e. The van der Waals surface area contributed by atoms with Crippen LogP contribution >= 0.6 is 15.9 Å². The number of methoxy groups -OCH3 is 1. The van der Waals surface area contributed by atoms with Crippen LogP contribution in [-0.4, -0.2) is 23.2 Å². The number of halogens is 1. The van der Waals surface area contributed by atoms with Crippen molar-refractivity contribution in [1.82, 2.24) is 4.98 Å². The summed E-state index contributed by atoms with van der Waals surface area (Å²) in [5.74, 6) is -0.763. The number of rotatable bonds is 3. The normalized spacial score (nSPS) is 10.7. The zero-order chi connectivity index (χ0) is 16.6. The molecule has 0 unspecified atom stereocenters. The fourth-order valence-corrected chi connectivity index (χ4v) is 2.71. The highest BCUT2D eigenvalue weighted by molar-refractivity contribution is 9.10. The molecule has 0 aliphatic heterocycles. The molecule has 1 N–H and O–H groups in total. The fourth-order valence-electron chi connectivity index (χ4n) is 2.35. The Morgan fingerprint density at radius 1 is 1.22 bits per heavy atom. The van der Waals surface area contributed by atoms with Gasteiger partial charge in [0.05, 0.1) is 23.9 Å². The molecule has 6 heteroatoms. The molecule has 0 atom stereocenters. The number of ether oxygens (including phenoxy) is 1. The molecule has 0 aliphatic rings. The first-order valence-electron chi connectivity index (χ1n) is 6.68. The van der Waals surface area contributed by atoms with E-state index in [1.807, 2.05) is 0 Å². The van der Waals surface area contributed by atoms with Crippen LogP contribution in [0, 0.1) is 0 Å². The lowest BCUT2D eigenvalue weighted by molar-refractivity contribution is -0.267. The van der Waals surface area contributed by atoms with Gasteiger partial charge in [-0.25, -0.2) is 9.78 Å². The van der Waals surface area contributed by atoms with Gasteiger partial charge in [-0.15, -0.1) is 0 Å². The lowest BCUT2D eigenvalue weighted by Crippen LogP contribution is -2.02. The van der Waals surface area contributed by atoms with Crippen molar-refractivity contribution < 1.29 is 19.7 Å². The third-order valence-corrected chi connectivity index (χ3v) is 3.96. The molecule has 0 spiro atoms. The fraction of sp³-hybridized carbons (Fsp3) is 0.0588. The third kappa shape index (κ3) is 2.85. The van der Waals surface area contributed by atoms with Gasteiger partial charge in [0.2, 0.25) is 0 Å². The molecule has 2 aromatic carbocycles. The van der Waals surface area contributed by atoms with Crippen LogP contribution in [0.3, 0.4) is 0 Å². The van der Waals surface area contributed by atoms with E-state index in [4.69, 9.17) is 4.74 Å². The third-order valence-electron chi connectivity index (χ3n) is 3.46. The number of fused-ring (bicyclic) bond motifs is 1. The first-order chi connectivity index (χ1) is 11.0. The molecule has 1 heterocycles. The van der Waals surface area contributed by atoms with Gasteiger partial charge in [0.1, 0.15) is 5.75 Å². The van der Waals surface area contributed by atoms with Crippen LogP contribution in [0.5, 0.6) is 11.5 Å². The summed E-state index contributed by atoms with van der Waals surface area (Å²) in [5, 5.41) is 22.0. The summed E-state index contributed by atoms with van der Waals surface area (Å²) in [4.78, 5) is 16.0. The Morgan fingerprint density at radius 2 is 2.00 bits per heavy atom. The lowest BCUT2D eigenvalue weighted by Gasteiger charge is -2.15. The van der Waals surface area contributed by atoms with Gasteiger partial charge in [0.25, 0.3) is 0 Å². The molecule has 3 aromatic rings. The van der Waals surface area contributed by atoms with Crippen LogP contribution in [0.2, 0.25) is 0 Å². The smallest absolute Gasteiger partial charge is 0.336 e. The average Bonchev–Trinajstić information content (AvgIpc) is 2.55. The zero-order valence-electron chi connectivity index (χ0n) is 12.0. The molecular formula is C17H11BrNO4-. The van der Waals surface area contributed by atoms with Gasteiger partial charge in [-0.05, 0) is 42.0 Å².